The maximum atomic E-state index is 13.3. The highest BCUT2D eigenvalue weighted by atomic mass is 16.5. The molecule has 0 saturated heterocycles. The Labute approximate surface area is 167 Å². The average molecular weight is 394 g/mol. The number of rotatable bonds is 6. The molecule has 1 unspecified atom stereocenters. The zero-order chi connectivity index (χ0) is 20.5. The van der Waals surface area contributed by atoms with E-state index in [2.05, 4.69) is 9.97 Å². The third-order valence-electron chi connectivity index (χ3n) is 4.94. The van der Waals surface area contributed by atoms with E-state index in [9.17, 15) is 4.79 Å². The SMILES string of the molecule is COCC1C(=O)C(c2nc3ccccc3[nH]2)=C(N)N1c1cc(OC)cc(OC)c1. The molecule has 3 aromatic rings. The highest BCUT2D eigenvalue weighted by Crippen LogP contribution is 2.37. The van der Waals surface area contributed by atoms with Gasteiger partial charge >= 0.3 is 0 Å². The van der Waals surface area contributed by atoms with Gasteiger partial charge in [0.05, 0.1) is 37.5 Å². The minimum absolute atomic E-state index is 0.162. The Morgan fingerprint density at radius 3 is 2.41 bits per heavy atom. The highest BCUT2D eigenvalue weighted by Gasteiger charge is 2.41. The van der Waals surface area contributed by atoms with E-state index >= 15 is 0 Å². The first-order valence-electron chi connectivity index (χ1n) is 9.07. The predicted octanol–water partition coefficient (Wildman–Crippen LogP) is 2.31. The van der Waals surface area contributed by atoms with Crippen LogP contribution in [0.5, 0.6) is 11.5 Å². The summed E-state index contributed by atoms with van der Waals surface area (Å²) in [4.78, 5) is 22.8. The Balaban J connectivity index is 1.86. The molecule has 1 aliphatic rings. The first-order valence-corrected chi connectivity index (χ1v) is 9.07. The largest absolute Gasteiger partial charge is 0.497 e. The monoisotopic (exact) mass is 394 g/mol. The van der Waals surface area contributed by atoms with E-state index in [1.165, 1.54) is 0 Å². The molecule has 0 radical (unpaired) electrons. The third-order valence-corrected chi connectivity index (χ3v) is 4.94. The summed E-state index contributed by atoms with van der Waals surface area (Å²) in [7, 11) is 4.69. The number of ether oxygens (including phenoxy) is 3. The molecule has 8 heteroatoms. The number of fused-ring (bicyclic) bond motifs is 1. The van der Waals surface area contributed by atoms with Crippen LogP contribution in [0.25, 0.3) is 16.6 Å². The molecule has 29 heavy (non-hydrogen) atoms. The quantitative estimate of drug-likeness (QED) is 0.661. The van der Waals surface area contributed by atoms with Crippen molar-refractivity contribution in [3.63, 3.8) is 0 Å². The zero-order valence-corrected chi connectivity index (χ0v) is 16.4. The summed E-state index contributed by atoms with van der Waals surface area (Å²) >= 11 is 0. The number of methoxy groups -OCH3 is 3. The number of imidazole rings is 1. The van der Waals surface area contributed by atoms with Crippen LogP contribution in [0.4, 0.5) is 5.69 Å². The molecule has 1 aromatic heterocycles. The van der Waals surface area contributed by atoms with Gasteiger partial charge in [-0.3, -0.25) is 4.79 Å². The molecular weight excluding hydrogens is 372 g/mol. The second kappa shape index (κ2) is 7.48. The molecule has 0 fully saturated rings. The minimum Gasteiger partial charge on any atom is -0.497 e. The molecule has 4 rings (SSSR count). The van der Waals surface area contributed by atoms with Gasteiger partial charge in [0, 0.05) is 25.3 Å². The molecule has 0 spiro atoms. The van der Waals surface area contributed by atoms with E-state index in [4.69, 9.17) is 19.9 Å². The van der Waals surface area contributed by atoms with Gasteiger partial charge in [0.25, 0.3) is 0 Å². The smallest absolute Gasteiger partial charge is 0.195 e. The standard InChI is InChI=1S/C21H22N4O4/c1-27-11-17-19(26)18(21-23-15-6-4-5-7-16(15)24-21)20(22)25(17)12-8-13(28-2)10-14(9-12)29-3/h4-10,17H,11,22H2,1-3H3,(H,23,24). The third kappa shape index (κ3) is 3.17. The van der Waals surface area contributed by atoms with Gasteiger partial charge in [0.2, 0.25) is 0 Å². The zero-order valence-electron chi connectivity index (χ0n) is 16.4. The average Bonchev–Trinajstić information content (AvgIpc) is 3.26. The number of aromatic amines is 1. The van der Waals surface area contributed by atoms with Crippen LogP contribution in [0.1, 0.15) is 5.82 Å². The van der Waals surface area contributed by atoms with E-state index in [-0.39, 0.29) is 12.4 Å². The Bertz CT molecular complexity index is 1050. The summed E-state index contributed by atoms with van der Waals surface area (Å²) in [6.07, 6.45) is 0. The number of H-pyrrole nitrogens is 1. The van der Waals surface area contributed by atoms with Gasteiger partial charge in [0.1, 0.15) is 34.8 Å². The van der Waals surface area contributed by atoms with Crippen molar-refractivity contribution in [3.05, 3.63) is 54.1 Å². The van der Waals surface area contributed by atoms with Crippen molar-refractivity contribution >= 4 is 28.1 Å². The van der Waals surface area contributed by atoms with Crippen LogP contribution in [0.3, 0.4) is 0 Å². The second-order valence-electron chi connectivity index (χ2n) is 6.64. The number of benzene rings is 2. The predicted molar refractivity (Wildman–Crippen MR) is 110 cm³/mol. The molecule has 150 valence electrons. The van der Waals surface area contributed by atoms with Crippen molar-refractivity contribution in [1.82, 2.24) is 9.97 Å². The molecule has 1 atom stereocenters. The normalized spacial score (nSPS) is 16.7. The van der Waals surface area contributed by atoms with Crippen molar-refractivity contribution in [2.24, 2.45) is 5.73 Å². The first kappa shape index (κ1) is 18.8. The molecule has 0 aliphatic carbocycles. The van der Waals surface area contributed by atoms with Crippen molar-refractivity contribution < 1.29 is 19.0 Å². The van der Waals surface area contributed by atoms with Crippen molar-refractivity contribution in [2.75, 3.05) is 32.8 Å². The lowest BCUT2D eigenvalue weighted by atomic mass is 10.1. The van der Waals surface area contributed by atoms with Crippen LogP contribution < -0.4 is 20.1 Å². The fourth-order valence-corrected chi connectivity index (χ4v) is 3.57. The fourth-order valence-electron chi connectivity index (χ4n) is 3.57. The fraction of sp³-hybridized carbons (Fsp3) is 0.238. The summed E-state index contributed by atoms with van der Waals surface area (Å²) in [5.41, 5.74) is 9.09. The van der Waals surface area contributed by atoms with E-state index in [0.717, 1.165) is 11.0 Å². The lowest BCUT2D eigenvalue weighted by molar-refractivity contribution is -0.115. The van der Waals surface area contributed by atoms with E-state index in [0.29, 0.717) is 34.4 Å². The minimum atomic E-state index is -0.625. The van der Waals surface area contributed by atoms with Gasteiger partial charge in [-0.05, 0) is 12.1 Å². The van der Waals surface area contributed by atoms with Gasteiger partial charge in [-0.1, -0.05) is 12.1 Å². The summed E-state index contributed by atoms with van der Waals surface area (Å²) in [5.74, 6) is 1.75. The van der Waals surface area contributed by atoms with Crippen LogP contribution >= 0.6 is 0 Å². The van der Waals surface area contributed by atoms with Crippen LogP contribution in [-0.4, -0.2) is 49.7 Å². The molecule has 0 saturated carbocycles. The Morgan fingerprint density at radius 2 is 1.79 bits per heavy atom. The number of para-hydroxylation sites is 2. The number of nitrogens with one attached hydrogen (secondary N) is 1. The molecule has 1 aliphatic heterocycles. The molecule has 0 bridgehead atoms. The lowest BCUT2D eigenvalue weighted by Crippen LogP contribution is -2.39. The number of nitrogens with zero attached hydrogens (tertiary/aromatic N) is 2. The maximum Gasteiger partial charge on any atom is 0.195 e. The summed E-state index contributed by atoms with van der Waals surface area (Å²) < 4.78 is 16.0. The molecule has 8 nitrogen and oxygen atoms in total. The van der Waals surface area contributed by atoms with Gasteiger partial charge in [-0.2, -0.15) is 0 Å². The maximum absolute atomic E-state index is 13.3. The first-order chi connectivity index (χ1) is 14.1. The van der Waals surface area contributed by atoms with Crippen LogP contribution in [0.15, 0.2) is 48.3 Å². The Hall–Kier alpha value is -3.52. The van der Waals surface area contributed by atoms with Gasteiger partial charge in [0.15, 0.2) is 5.78 Å². The van der Waals surface area contributed by atoms with E-state index < -0.39 is 6.04 Å². The second-order valence-corrected chi connectivity index (χ2v) is 6.64. The Morgan fingerprint density at radius 1 is 1.10 bits per heavy atom. The number of aromatic nitrogens is 2. The highest BCUT2D eigenvalue weighted by molar-refractivity contribution is 6.28. The number of carbonyl (C=O) groups excluding carboxylic acids is 1. The van der Waals surface area contributed by atoms with Crippen LogP contribution in [0, 0.1) is 0 Å². The summed E-state index contributed by atoms with van der Waals surface area (Å²) in [6, 6.07) is 12.3. The number of carbonyl (C=O) groups is 1. The number of hydrogen-bond donors (Lipinski definition) is 2. The van der Waals surface area contributed by atoms with Crippen molar-refractivity contribution in [3.8, 4) is 11.5 Å². The summed E-state index contributed by atoms with van der Waals surface area (Å²) in [6.45, 7) is 0.169. The van der Waals surface area contributed by atoms with Crippen LogP contribution in [-0.2, 0) is 9.53 Å². The number of Topliss-reactive ketones (excluding diaryl/α,β-unsaturated/α-hetero) is 1. The van der Waals surface area contributed by atoms with Gasteiger partial charge in [-0.25, -0.2) is 4.98 Å². The topological polar surface area (TPSA) is 103 Å². The number of nitrogens with two attached hydrogens (primary N) is 1. The number of anilines is 1. The molecule has 2 heterocycles. The number of hydrogen-bond acceptors (Lipinski definition) is 7. The van der Waals surface area contributed by atoms with Crippen LogP contribution in [0.2, 0.25) is 0 Å². The molecule has 0 amide bonds. The van der Waals surface area contributed by atoms with Gasteiger partial charge in [-0.15, -0.1) is 0 Å². The number of ketones is 1. The van der Waals surface area contributed by atoms with Crippen molar-refractivity contribution in [1.29, 1.82) is 0 Å². The Kier molecular flexibility index (Phi) is 4.85. The molecule has 2 aromatic carbocycles. The van der Waals surface area contributed by atoms with E-state index in [1.54, 1.807) is 44.4 Å². The lowest BCUT2D eigenvalue weighted by Gasteiger charge is -2.27. The molecular formula is C21H22N4O4. The van der Waals surface area contributed by atoms with Gasteiger partial charge < -0.3 is 29.8 Å². The van der Waals surface area contributed by atoms with E-state index in [1.807, 2.05) is 24.3 Å². The summed E-state index contributed by atoms with van der Waals surface area (Å²) in [5, 5.41) is 0. The van der Waals surface area contributed by atoms with Crippen molar-refractivity contribution in [2.45, 2.75) is 6.04 Å². The molecule has 3 N–H and O–H groups in total.